The van der Waals surface area contributed by atoms with Gasteiger partial charge in [0.25, 0.3) is 0 Å². The average molecular weight is 448 g/mol. The van der Waals surface area contributed by atoms with E-state index >= 15 is 0 Å². The summed E-state index contributed by atoms with van der Waals surface area (Å²) in [5.74, 6) is -0.862. The number of hydrogen-bond donors (Lipinski definition) is 1. The van der Waals surface area contributed by atoms with Gasteiger partial charge in [-0.05, 0) is 24.6 Å². The number of methoxy groups -OCH3 is 3. The third-order valence-corrected chi connectivity index (χ3v) is 5.43. The summed E-state index contributed by atoms with van der Waals surface area (Å²) in [6, 6.07) is 2.47. The Labute approximate surface area is 186 Å². The van der Waals surface area contributed by atoms with E-state index in [1.165, 1.54) is 21.3 Å². The molecule has 0 saturated carbocycles. The SMILES string of the molecule is CCOC(=O)[C@H]1C(=O)NC(N2CCN(C=O)CC2)=N[C@@H]1c1cc(OC)c(OC)c(OC)c1. The fourth-order valence-electron chi connectivity index (χ4n) is 3.78. The van der Waals surface area contributed by atoms with Crippen LogP contribution in [-0.2, 0) is 19.1 Å². The van der Waals surface area contributed by atoms with Crippen molar-refractivity contribution in [1.82, 2.24) is 15.1 Å². The molecule has 0 bridgehead atoms. The van der Waals surface area contributed by atoms with Gasteiger partial charge in [0.2, 0.25) is 24.0 Å². The summed E-state index contributed by atoms with van der Waals surface area (Å²) < 4.78 is 21.4. The predicted molar refractivity (Wildman–Crippen MR) is 114 cm³/mol. The Morgan fingerprint density at radius 1 is 1.12 bits per heavy atom. The summed E-state index contributed by atoms with van der Waals surface area (Å²) in [5, 5.41) is 2.73. The van der Waals surface area contributed by atoms with Gasteiger partial charge in [-0.15, -0.1) is 0 Å². The first-order valence-electron chi connectivity index (χ1n) is 10.3. The molecule has 2 heterocycles. The molecule has 32 heavy (non-hydrogen) atoms. The van der Waals surface area contributed by atoms with Gasteiger partial charge < -0.3 is 28.7 Å². The maximum atomic E-state index is 13.0. The molecular weight excluding hydrogens is 420 g/mol. The summed E-state index contributed by atoms with van der Waals surface area (Å²) in [6.07, 6.45) is 0.800. The minimum absolute atomic E-state index is 0.134. The number of piperazine rings is 1. The Hall–Kier alpha value is -3.50. The van der Waals surface area contributed by atoms with Crippen molar-refractivity contribution in [2.45, 2.75) is 13.0 Å². The number of aliphatic imine (C=N–C) groups is 1. The molecule has 1 N–H and O–H groups in total. The average Bonchev–Trinajstić information content (AvgIpc) is 2.82. The normalized spacial score (nSPS) is 20.8. The molecule has 0 spiro atoms. The molecule has 0 radical (unpaired) electrons. The number of hydrogen-bond acceptors (Lipinski definition) is 9. The van der Waals surface area contributed by atoms with Gasteiger partial charge in [0.15, 0.2) is 17.4 Å². The third kappa shape index (κ3) is 4.56. The molecule has 2 atom stereocenters. The van der Waals surface area contributed by atoms with Crippen LogP contribution in [0.1, 0.15) is 18.5 Å². The highest BCUT2D eigenvalue weighted by Crippen LogP contribution is 2.42. The van der Waals surface area contributed by atoms with Crippen LogP contribution in [0, 0.1) is 5.92 Å². The number of nitrogens with zero attached hydrogens (tertiary/aromatic N) is 3. The van der Waals surface area contributed by atoms with Crippen LogP contribution in [0.3, 0.4) is 0 Å². The van der Waals surface area contributed by atoms with Crippen molar-refractivity contribution in [3.8, 4) is 17.2 Å². The number of amides is 2. The Morgan fingerprint density at radius 3 is 2.25 bits per heavy atom. The first kappa shape index (κ1) is 23.2. The van der Waals surface area contributed by atoms with E-state index in [1.807, 2.05) is 4.90 Å². The topological polar surface area (TPSA) is 119 Å². The molecule has 11 nitrogen and oxygen atoms in total. The molecule has 0 aliphatic carbocycles. The number of ether oxygens (including phenoxy) is 4. The number of rotatable bonds is 7. The lowest BCUT2D eigenvalue weighted by molar-refractivity contribution is -0.153. The molecule has 0 unspecified atom stereocenters. The zero-order valence-corrected chi connectivity index (χ0v) is 18.6. The van der Waals surface area contributed by atoms with E-state index in [-0.39, 0.29) is 6.61 Å². The van der Waals surface area contributed by atoms with Gasteiger partial charge in [-0.25, -0.2) is 4.99 Å². The van der Waals surface area contributed by atoms with Crippen LogP contribution in [0.5, 0.6) is 17.2 Å². The van der Waals surface area contributed by atoms with Gasteiger partial charge in [0.05, 0.1) is 27.9 Å². The second-order valence-electron chi connectivity index (χ2n) is 7.20. The first-order valence-corrected chi connectivity index (χ1v) is 10.3. The monoisotopic (exact) mass is 448 g/mol. The number of carbonyl (C=O) groups excluding carboxylic acids is 3. The van der Waals surface area contributed by atoms with Crippen LogP contribution in [0.15, 0.2) is 17.1 Å². The smallest absolute Gasteiger partial charge is 0.321 e. The van der Waals surface area contributed by atoms with Crippen molar-refractivity contribution < 1.29 is 33.3 Å². The highest BCUT2D eigenvalue weighted by atomic mass is 16.5. The van der Waals surface area contributed by atoms with Crippen LogP contribution in [-0.4, -0.2) is 88.2 Å². The molecule has 2 aliphatic rings. The second-order valence-corrected chi connectivity index (χ2v) is 7.20. The molecule has 0 aromatic heterocycles. The number of carbonyl (C=O) groups is 3. The maximum absolute atomic E-state index is 13.0. The zero-order chi connectivity index (χ0) is 23.3. The zero-order valence-electron chi connectivity index (χ0n) is 18.6. The Bertz CT molecular complexity index is 871. The van der Waals surface area contributed by atoms with Crippen molar-refractivity contribution in [2.75, 3.05) is 54.1 Å². The van der Waals surface area contributed by atoms with E-state index in [4.69, 9.17) is 23.9 Å². The Balaban J connectivity index is 2.05. The van der Waals surface area contributed by atoms with Crippen molar-refractivity contribution in [2.24, 2.45) is 10.9 Å². The molecule has 2 amide bonds. The quantitative estimate of drug-likeness (QED) is 0.357. The van der Waals surface area contributed by atoms with Crippen LogP contribution in [0.25, 0.3) is 0 Å². The number of benzene rings is 1. The highest BCUT2D eigenvalue weighted by molar-refractivity contribution is 6.08. The Morgan fingerprint density at radius 2 is 1.75 bits per heavy atom. The van der Waals surface area contributed by atoms with E-state index in [0.29, 0.717) is 55.0 Å². The second kappa shape index (κ2) is 10.2. The van der Waals surface area contributed by atoms with Crippen LogP contribution in [0.4, 0.5) is 0 Å². The molecule has 2 aliphatic heterocycles. The van der Waals surface area contributed by atoms with E-state index in [9.17, 15) is 14.4 Å². The summed E-state index contributed by atoms with van der Waals surface area (Å²) >= 11 is 0. The molecule has 1 saturated heterocycles. The van der Waals surface area contributed by atoms with Gasteiger partial charge in [-0.3, -0.25) is 19.7 Å². The molecule has 1 aromatic carbocycles. The molecule has 3 rings (SSSR count). The number of guanidine groups is 1. The van der Waals surface area contributed by atoms with E-state index in [1.54, 1.807) is 24.0 Å². The van der Waals surface area contributed by atoms with Crippen molar-refractivity contribution in [1.29, 1.82) is 0 Å². The number of esters is 1. The van der Waals surface area contributed by atoms with E-state index < -0.39 is 23.8 Å². The van der Waals surface area contributed by atoms with Crippen molar-refractivity contribution in [3.05, 3.63) is 17.7 Å². The van der Waals surface area contributed by atoms with Crippen LogP contribution >= 0.6 is 0 Å². The fraction of sp³-hybridized carbons (Fsp3) is 0.524. The molecule has 11 heteroatoms. The van der Waals surface area contributed by atoms with E-state index in [0.717, 1.165) is 6.41 Å². The number of nitrogens with one attached hydrogen (secondary N) is 1. The van der Waals surface area contributed by atoms with Gasteiger partial charge >= 0.3 is 5.97 Å². The first-order chi connectivity index (χ1) is 15.5. The highest BCUT2D eigenvalue weighted by Gasteiger charge is 2.42. The van der Waals surface area contributed by atoms with Crippen molar-refractivity contribution >= 4 is 24.2 Å². The lowest BCUT2D eigenvalue weighted by Gasteiger charge is -2.37. The van der Waals surface area contributed by atoms with Crippen LogP contribution < -0.4 is 19.5 Å². The lowest BCUT2D eigenvalue weighted by atomic mass is 9.90. The van der Waals surface area contributed by atoms with E-state index in [2.05, 4.69) is 5.32 Å². The molecular formula is C21H28N4O7. The molecule has 1 aromatic rings. The molecule has 174 valence electrons. The lowest BCUT2D eigenvalue weighted by Crippen LogP contribution is -2.57. The van der Waals surface area contributed by atoms with Gasteiger partial charge in [-0.2, -0.15) is 0 Å². The third-order valence-electron chi connectivity index (χ3n) is 5.43. The van der Waals surface area contributed by atoms with Gasteiger partial charge in [0, 0.05) is 26.2 Å². The minimum atomic E-state index is -1.18. The minimum Gasteiger partial charge on any atom is -0.493 e. The summed E-state index contributed by atoms with van der Waals surface area (Å²) in [6.45, 7) is 3.83. The molecule has 1 fully saturated rings. The maximum Gasteiger partial charge on any atom is 0.321 e. The largest absolute Gasteiger partial charge is 0.493 e. The van der Waals surface area contributed by atoms with Gasteiger partial charge in [0.1, 0.15) is 6.04 Å². The fourth-order valence-corrected chi connectivity index (χ4v) is 3.78. The standard InChI is InChI=1S/C21H28N4O7/c1-5-32-20(28)16-17(13-10-14(29-2)18(31-4)15(11-13)30-3)22-21(23-19(16)27)25-8-6-24(12-26)7-9-25/h10-12,16-17H,5-9H2,1-4H3,(H,22,23,27)/t16-,17-/m1/s1. The summed E-state index contributed by atoms with van der Waals surface area (Å²) in [4.78, 5) is 45.0. The van der Waals surface area contributed by atoms with Crippen LogP contribution in [0.2, 0.25) is 0 Å². The summed E-state index contributed by atoms with van der Waals surface area (Å²) in [7, 11) is 4.46. The van der Waals surface area contributed by atoms with Gasteiger partial charge in [-0.1, -0.05) is 0 Å². The predicted octanol–water partition coefficient (Wildman–Crippen LogP) is 0.193. The van der Waals surface area contributed by atoms with Crippen molar-refractivity contribution in [3.63, 3.8) is 0 Å². The Kier molecular flexibility index (Phi) is 7.39. The summed E-state index contributed by atoms with van der Waals surface area (Å²) in [5.41, 5.74) is 0.538.